The highest BCUT2D eigenvalue weighted by molar-refractivity contribution is 5.71. The predicted molar refractivity (Wildman–Crippen MR) is 111 cm³/mol. The van der Waals surface area contributed by atoms with E-state index in [1.807, 2.05) is 38.7 Å². The van der Waals surface area contributed by atoms with Crippen LogP contribution in [0.3, 0.4) is 0 Å². The van der Waals surface area contributed by atoms with Crippen LogP contribution in [0.5, 0.6) is 0 Å². The highest BCUT2D eigenvalue weighted by Gasteiger charge is 2.55. The van der Waals surface area contributed by atoms with Gasteiger partial charge in [-0.15, -0.1) is 0 Å². The molecule has 0 bridgehead atoms. The molecule has 0 aliphatic carbocycles. The summed E-state index contributed by atoms with van der Waals surface area (Å²) < 4.78 is 20.0. The van der Waals surface area contributed by atoms with Crippen LogP contribution in [0.1, 0.15) is 45.7 Å². The summed E-state index contributed by atoms with van der Waals surface area (Å²) in [4.78, 5) is 32.3. The maximum Gasteiger partial charge on any atom is 0.410 e. The van der Waals surface area contributed by atoms with E-state index in [4.69, 9.17) is 4.74 Å². The van der Waals surface area contributed by atoms with Crippen molar-refractivity contribution in [2.45, 2.75) is 45.8 Å². The molecule has 9 heteroatoms. The third-order valence-electron chi connectivity index (χ3n) is 5.86. The Kier molecular flexibility index (Phi) is 5.09. The lowest BCUT2D eigenvalue weighted by Crippen LogP contribution is -2.59. The van der Waals surface area contributed by atoms with Crippen molar-refractivity contribution in [2.75, 3.05) is 19.6 Å². The predicted octanol–water partition coefficient (Wildman–Crippen LogP) is 3.13. The van der Waals surface area contributed by atoms with E-state index in [-0.39, 0.29) is 17.6 Å². The van der Waals surface area contributed by atoms with Crippen LogP contribution in [-0.4, -0.2) is 61.8 Å². The molecule has 164 valence electrons. The standard InChI is InChI=1S/C22H26FN5O3/c1-15(16-5-6-19(24-9-16)28-11-17(23)10-25-28)27-8-7-22(18(27)12-29)13-26(14-22)20(30)31-21(2,3)4/h5-6,9-11,15H,7-8,13-14H2,1-4H3. The molecule has 2 saturated heterocycles. The van der Waals surface area contributed by atoms with Crippen molar-refractivity contribution in [3.63, 3.8) is 0 Å². The molecule has 4 heterocycles. The Labute approximate surface area is 180 Å². The third-order valence-corrected chi connectivity index (χ3v) is 5.86. The normalized spacial score (nSPS) is 18.7. The number of aromatic nitrogens is 3. The van der Waals surface area contributed by atoms with Crippen LogP contribution in [0.25, 0.3) is 5.82 Å². The van der Waals surface area contributed by atoms with E-state index < -0.39 is 11.4 Å². The van der Waals surface area contributed by atoms with Crippen LogP contribution in [0, 0.1) is 11.2 Å². The van der Waals surface area contributed by atoms with Gasteiger partial charge < -0.3 is 14.5 Å². The number of amides is 1. The number of halogens is 1. The van der Waals surface area contributed by atoms with Gasteiger partial charge in [-0.25, -0.2) is 23.6 Å². The summed E-state index contributed by atoms with van der Waals surface area (Å²) in [7, 11) is 0. The first-order valence-corrected chi connectivity index (χ1v) is 10.3. The van der Waals surface area contributed by atoms with E-state index in [1.54, 1.807) is 17.2 Å². The number of hydrogen-bond acceptors (Lipinski definition) is 6. The van der Waals surface area contributed by atoms with Crippen LogP contribution in [0.15, 0.2) is 36.4 Å². The maximum atomic E-state index is 13.2. The molecule has 1 spiro atoms. The minimum Gasteiger partial charge on any atom is -0.444 e. The molecule has 0 saturated carbocycles. The number of ether oxygens (including phenoxy) is 1. The SMILES string of the molecule is CC(c1ccc(-n2cc(F)cn2)nc1)N1CCC2(CN(C(=O)OC(C)(C)C)C2)C1=C=O. The van der Waals surface area contributed by atoms with Gasteiger partial charge in [-0.3, -0.25) is 0 Å². The second-order valence-electron chi connectivity index (χ2n) is 9.24. The van der Waals surface area contributed by atoms with Gasteiger partial charge in [0, 0.05) is 25.8 Å². The quantitative estimate of drug-likeness (QED) is 0.700. The molecule has 2 aliphatic heterocycles. The average molecular weight is 427 g/mol. The molecule has 0 radical (unpaired) electrons. The first-order valence-electron chi connectivity index (χ1n) is 10.3. The summed E-state index contributed by atoms with van der Waals surface area (Å²) in [6.07, 6.45) is 4.52. The van der Waals surface area contributed by atoms with Gasteiger partial charge in [0.2, 0.25) is 0 Å². The summed E-state index contributed by atoms with van der Waals surface area (Å²) in [5, 5.41) is 3.92. The summed E-state index contributed by atoms with van der Waals surface area (Å²) in [6.45, 7) is 9.11. The topological polar surface area (TPSA) is 80.6 Å². The van der Waals surface area contributed by atoms with Crippen LogP contribution >= 0.6 is 0 Å². The lowest BCUT2D eigenvalue weighted by molar-refractivity contribution is -0.0206. The average Bonchev–Trinajstić information content (AvgIpc) is 3.28. The van der Waals surface area contributed by atoms with Crippen molar-refractivity contribution in [2.24, 2.45) is 5.41 Å². The molecule has 2 fully saturated rings. The van der Waals surface area contributed by atoms with E-state index >= 15 is 0 Å². The molecule has 2 aromatic rings. The molecule has 1 unspecified atom stereocenters. The number of rotatable bonds is 3. The molecule has 4 rings (SSSR count). The van der Waals surface area contributed by atoms with Crippen LogP contribution in [0.2, 0.25) is 0 Å². The van der Waals surface area contributed by atoms with E-state index in [9.17, 15) is 14.0 Å². The van der Waals surface area contributed by atoms with Crippen molar-refractivity contribution < 1.29 is 18.7 Å². The summed E-state index contributed by atoms with van der Waals surface area (Å²) in [6, 6.07) is 3.57. The summed E-state index contributed by atoms with van der Waals surface area (Å²) in [5.41, 5.74) is 0.593. The fourth-order valence-corrected chi connectivity index (χ4v) is 4.26. The van der Waals surface area contributed by atoms with Gasteiger partial charge in [0.25, 0.3) is 0 Å². The zero-order chi connectivity index (χ0) is 22.4. The highest BCUT2D eigenvalue weighted by atomic mass is 19.1. The Morgan fingerprint density at radius 1 is 1.29 bits per heavy atom. The van der Waals surface area contributed by atoms with Crippen LogP contribution < -0.4 is 0 Å². The Hall–Kier alpha value is -3.19. The number of nitrogens with zero attached hydrogens (tertiary/aromatic N) is 5. The Morgan fingerprint density at radius 3 is 2.58 bits per heavy atom. The molecular weight excluding hydrogens is 401 g/mol. The Balaban J connectivity index is 1.45. The molecule has 31 heavy (non-hydrogen) atoms. The van der Waals surface area contributed by atoms with Crippen LogP contribution in [0.4, 0.5) is 9.18 Å². The molecule has 1 amide bonds. The molecule has 2 aliphatic rings. The maximum absolute atomic E-state index is 13.2. The van der Waals surface area contributed by atoms with E-state index in [2.05, 4.69) is 16.0 Å². The number of carbonyl (C=O) groups excluding carboxylic acids is 2. The van der Waals surface area contributed by atoms with E-state index in [1.165, 1.54) is 10.9 Å². The van der Waals surface area contributed by atoms with Crippen molar-refractivity contribution >= 4 is 12.0 Å². The number of hydrogen-bond donors (Lipinski definition) is 0. The molecule has 0 N–H and O–H groups in total. The molecule has 0 aromatic carbocycles. The fraction of sp³-hybridized carbons (Fsp3) is 0.500. The molecule has 8 nitrogen and oxygen atoms in total. The smallest absolute Gasteiger partial charge is 0.410 e. The van der Waals surface area contributed by atoms with Crippen LogP contribution in [-0.2, 0) is 9.53 Å². The second-order valence-corrected chi connectivity index (χ2v) is 9.24. The van der Waals surface area contributed by atoms with Crippen molar-refractivity contribution in [1.82, 2.24) is 24.6 Å². The number of likely N-dealkylation sites (tertiary alicyclic amines) is 2. The first kappa shape index (κ1) is 21.1. The van der Waals surface area contributed by atoms with Gasteiger partial charge in [0.15, 0.2) is 11.6 Å². The minimum atomic E-state index is -0.555. The molecule has 1 atom stereocenters. The van der Waals surface area contributed by atoms with Gasteiger partial charge in [-0.05, 0) is 45.7 Å². The fourth-order valence-electron chi connectivity index (χ4n) is 4.26. The van der Waals surface area contributed by atoms with E-state index in [0.29, 0.717) is 31.1 Å². The Morgan fingerprint density at radius 2 is 2.03 bits per heavy atom. The first-order chi connectivity index (χ1) is 14.6. The Bertz CT molecular complexity index is 1030. The molecular formula is C22H26FN5O3. The lowest BCUT2D eigenvalue weighted by Gasteiger charge is -2.48. The summed E-state index contributed by atoms with van der Waals surface area (Å²) >= 11 is 0. The van der Waals surface area contributed by atoms with Crippen molar-refractivity contribution in [3.05, 3.63) is 47.8 Å². The second kappa shape index (κ2) is 7.50. The zero-order valence-electron chi connectivity index (χ0n) is 18.1. The lowest BCUT2D eigenvalue weighted by atomic mass is 9.77. The minimum absolute atomic E-state index is 0.0951. The zero-order valence-corrected chi connectivity index (χ0v) is 18.1. The summed E-state index contributed by atoms with van der Waals surface area (Å²) in [5.74, 6) is 2.23. The third kappa shape index (κ3) is 3.93. The van der Waals surface area contributed by atoms with Gasteiger partial charge in [-0.2, -0.15) is 5.10 Å². The van der Waals surface area contributed by atoms with Gasteiger partial charge in [0.1, 0.15) is 17.2 Å². The van der Waals surface area contributed by atoms with Crippen molar-refractivity contribution in [1.29, 1.82) is 0 Å². The molecule has 2 aromatic heterocycles. The van der Waals surface area contributed by atoms with Gasteiger partial charge in [0.05, 0.1) is 23.9 Å². The monoisotopic (exact) mass is 427 g/mol. The van der Waals surface area contributed by atoms with Crippen molar-refractivity contribution in [3.8, 4) is 5.82 Å². The van der Waals surface area contributed by atoms with Gasteiger partial charge >= 0.3 is 6.09 Å². The van der Waals surface area contributed by atoms with E-state index in [0.717, 1.165) is 18.2 Å². The highest BCUT2D eigenvalue weighted by Crippen LogP contribution is 2.49. The largest absolute Gasteiger partial charge is 0.444 e. The number of carbonyl (C=O) groups is 1. The van der Waals surface area contributed by atoms with Gasteiger partial charge in [-0.1, -0.05) is 6.07 Å². The number of pyridine rings is 1.